The van der Waals surface area contributed by atoms with Crippen molar-refractivity contribution < 1.29 is 14.6 Å². The van der Waals surface area contributed by atoms with Crippen molar-refractivity contribution in [1.29, 1.82) is 0 Å². The predicted molar refractivity (Wildman–Crippen MR) is 109 cm³/mol. The van der Waals surface area contributed by atoms with Crippen LogP contribution in [0.4, 0.5) is 0 Å². The summed E-state index contributed by atoms with van der Waals surface area (Å²) < 4.78 is 5.97. The molecule has 7 heteroatoms. The zero-order chi connectivity index (χ0) is 19.1. The number of thioether (sulfide) groups is 1. The van der Waals surface area contributed by atoms with Crippen molar-refractivity contribution in [2.45, 2.75) is 19.6 Å². The van der Waals surface area contributed by atoms with Gasteiger partial charge in [0.25, 0.3) is 0 Å². The van der Waals surface area contributed by atoms with Crippen molar-refractivity contribution in [3.8, 4) is 5.75 Å². The molecule has 0 radical (unpaired) electrons. The lowest BCUT2D eigenvalue weighted by Crippen LogP contribution is -2.47. The van der Waals surface area contributed by atoms with Gasteiger partial charge in [0.15, 0.2) is 0 Å². The number of carbonyl (C=O) groups excluding carboxylic acids is 1. The second kappa shape index (κ2) is 10.3. The van der Waals surface area contributed by atoms with E-state index in [-0.39, 0.29) is 5.91 Å². The molecule has 3 rings (SSSR count). The number of ether oxygens (including phenoxy) is 1. The molecule has 0 saturated carbocycles. The maximum atomic E-state index is 11.5. The van der Waals surface area contributed by atoms with Crippen molar-refractivity contribution in [3.63, 3.8) is 0 Å². The lowest BCUT2D eigenvalue weighted by Gasteiger charge is -2.34. The van der Waals surface area contributed by atoms with E-state index in [4.69, 9.17) is 4.74 Å². The molecule has 1 atom stereocenters. The van der Waals surface area contributed by atoms with Gasteiger partial charge in [0.2, 0.25) is 5.91 Å². The van der Waals surface area contributed by atoms with E-state index < -0.39 is 6.10 Å². The van der Waals surface area contributed by atoms with Gasteiger partial charge in [-0.05, 0) is 6.07 Å². The van der Waals surface area contributed by atoms with Gasteiger partial charge in [-0.2, -0.15) is 11.8 Å². The lowest BCUT2D eigenvalue weighted by molar-refractivity contribution is -0.130. The van der Waals surface area contributed by atoms with E-state index in [1.807, 2.05) is 34.9 Å². The van der Waals surface area contributed by atoms with E-state index >= 15 is 0 Å². The Labute approximate surface area is 166 Å². The van der Waals surface area contributed by atoms with Crippen LogP contribution in [0.15, 0.2) is 24.3 Å². The van der Waals surface area contributed by atoms with Crippen LogP contribution in [0.3, 0.4) is 0 Å². The molecule has 0 aliphatic carbocycles. The van der Waals surface area contributed by atoms with Crippen LogP contribution in [-0.4, -0.2) is 95.7 Å². The van der Waals surface area contributed by atoms with Gasteiger partial charge in [0, 0.05) is 76.4 Å². The highest BCUT2D eigenvalue weighted by Gasteiger charge is 2.20. The third-order valence-corrected chi connectivity index (χ3v) is 6.13. The zero-order valence-electron chi connectivity index (χ0n) is 16.2. The smallest absolute Gasteiger partial charge is 0.219 e. The number of β-amino-alcohol motifs (C(OH)–C–C–N with tert-alkyl or cyclic N) is 1. The summed E-state index contributed by atoms with van der Waals surface area (Å²) in [6.07, 6.45) is -0.472. The number of aliphatic hydroxyl groups excluding tert-OH is 1. The van der Waals surface area contributed by atoms with Crippen molar-refractivity contribution in [3.05, 3.63) is 29.8 Å². The molecule has 2 heterocycles. The van der Waals surface area contributed by atoms with Crippen LogP contribution in [0.5, 0.6) is 5.75 Å². The lowest BCUT2D eigenvalue weighted by atomic mass is 10.1. The average Bonchev–Trinajstić information content (AvgIpc) is 2.68. The monoisotopic (exact) mass is 393 g/mol. The topological polar surface area (TPSA) is 56.3 Å². The summed E-state index contributed by atoms with van der Waals surface area (Å²) in [6.45, 7) is 8.85. The molecule has 0 spiro atoms. The van der Waals surface area contributed by atoms with Crippen molar-refractivity contribution in [1.82, 2.24) is 14.7 Å². The number of hydrogen-bond acceptors (Lipinski definition) is 6. The number of carbonyl (C=O) groups is 1. The molecule has 0 unspecified atom stereocenters. The summed E-state index contributed by atoms with van der Waals surface area (Å²) in [6, 6.07) is 8.06. The molecule has 6 nitrogen and oxygen atoms in total. The number of benzene rings is 1. The normalized spacial score (nSPS) is 20.4. The van der Waals surface area contributed by atoms with Crippen molar-refractivity contribution in [2.24, 2.45) is 0 Å². The molecule has 1 amide bonds. The fourth-order valence-corrected chi connectivity index (χ4v) is 4.54. The van der Waals surface area contributed by atoms with Crippen molar-refractivity contribution in [2.75, 3.05) is 63.9 Å². The Balaban J connectivity index is 1.48. The van der Waals surface area contributed by atoms with E-state index in [0.717, 1.165) is 68.6 Å². The molecule has 2 aliphatic rings. The first kappa shape index (κ1) is 20.5. The zero-order valence-corrected chi connectivity index (χ0v) is 17.0. The SMILES string of the molecule is CC(=O)N1CCN(Cc2ccccc2OC[C@H](O)CN2CCSCC2)CC1. The quantitative estimate of drug-likeness (QED) is 0.750. The first-order valence-corrected chi connectivity index (χ1v) is 10.9. The summed E-state index contributed by atoms with van der Waals surface area (Å²) in [5.41, 5.74) is 1.13. The Morgan fingerprint density at radius 1 is 1.11 bits per heavy atom. The molecule has 2 aliphatic heterocycles. The fourth-order valence-electron chi connectivity index (χ4n) is 3.56. The van der Waals surface area contributed by atoms with Gasteiger partial charge >= 0.3 is 0 Å². The van der Waals surface area contributed by atoms with Gasteiger partial charge < -0.3 is 14.7 Å². The standard InChI is InChI=1S/C20H31N3O3S/c1-17(24)23-8-6-21(7-9-23)14-18-4-2-3-5-20(18)26-16-19(25)15-22-10-12-27-13-11-22/h2-5,19,25H,6-16H2,1H3/t19-/m1/s1. The number of rotatable bonds is 7. The minimum absolute atomic E-state index is 0.152. The molecule has 1 aromatic rings. The third-order valence-electron chi connectivity index (χ3n) is 5.19. The van der Waals surface area contributed by atoms with E-state index in [1.54, 1.807) is 6.92 Å². The second-order valence-corrected chi connectivity index (χ2v) is 8.49. The number of para-hydroxylation sites is 1. The number of aliphatic hydroxyl groups is 1. The first-order chi connectivity index (χ1) is 13.1. The highest BCUT2D eigenvalue weighted by Crippen LogP contribution is 2.21. The molecule has 27 heavy (non-hydrogen) atoms. The maximum Gasteiger partial charge on any atom is 0.219 e. The number of nitrogens with zero attached hydrogens (tertiary/aromatic N) is 3. The van der Waals surface area contributed by atoms with Crippen LogP contribution >= 0.6 is 11.8 Å². The summed E-state index contributed by atoms with van der Waals surface area (Å²) in [4.78, 5) is 18.0. The highest BCUT2D eigenvalue weighted by molar-refractivity contribution is 7.99. The minimum Gasteiger partial charge on any atom is -0.491 e. The molecule has 1 N–H and O–H groups in total. The van der Waals surface area contributed by atoms with Crippen LogP contribution in [0.25, 0.3) is 0 Å². The molecule has 2 saturated heterocycles. The molecule has 1 aromatic carbocycles. The summed E-state index contributed by atoms with van der Waals surface area (Å²) in [7, 11) is 0. The number of amides is 1. The molecular weight excluding hydrogens is 362 g/mol. The molecule has 0 bridgehead atoms. The van der Waals surface area contributed by atoms with Gasteiger partial charge in [-0.3, -0.25) is 14.6 Å². The second-order valence-electron chi connectivity index (χ2n) is 7.27. The van der Waals surface area contributed by atoms with E-state index in [1.165, 1.54) is 0 Å². The average molecular weight is 394 g/mol. The predicted octanol–water partition coefficient (Wildman–Crippen LogP) is 1.14. The minimum atomic E-state index is -0.472. The van der Waals surface area contributed by atoms with E-state index in [0.29, 0.717) is 13.2 Å². The van der Waals surface area contributed by atoms with E-state index in [2.05, 4.69) is 15.9 Å². The van der Waals surface area contributed by atoms with Gasteiger partial charge in [-0.15, -0.1) is 0 Å². The van der Waals surface area contributed by atoms with Crippen LogP contribution in [0, 0.1) is 0 Å². The number of piperazine rings is 1. The Hall–Kier alpha value is -1.28. The Kier molecular flexibility index (Phi) is 7.81. The van der Waals surface area contributed by atoms with Gasteiger partial charge in [0.1, 0.15) is 18.5 Å². The van der Waals surface area contributed by atoms with Crippen LogP contribution < -0.4 is 4.74 Å². The summed E-state index contributed by atoms with van der Waals surface area (Å²) in [5.74, 6) is 3.29. The largest absolute Gasteiger partial charge is 0.491 e. The molecule has 150 valence electrons. The molecule has 0 aromatic heterocycles. The van der Waals surface area contributed by atoms with Crippen LogP contribution in [-0.2, 0) is 11.3 Å². The van der Waals surface area contributed by atoms with Gasteiger partial charge in [-0.25, -0.2) is 0 Å². The third kappa shape index (κ3) is 6.38. The Morgan fingerprint density at radius 2 is 1.81 bits per heavy atom. The van der Waals surface area contributed by atoms with Crippen LogP contribution in [0.1, 0.15) is 12.5 Å². The molecular formula is C20H31N3O3S. The van der Waals surface area contributed by atoms with Crippen LogP contribution in [0.2, 0.25) is 0 Å². The fraction of sp³-hybridized carbons (Fsp3) is 0.650. The van der Waals surface area contributed by atoms with Crippen molar-refractivity contribution >= 4 is 17.7 Å². The van der Waals surface area contributed by atoms with Gasteiger partial charge in [0.05, 0.1) is 0 Å². The molecule has 2 fully saturated rings. The highest BCUT2D eigenvalue weighted by atomic mass is 32.2. The Morgan fingerprint density at radius 3 is 2.52 bits per heavy atom. The first-order valence-electron chi connectivity index (χ1n) is 9.78. The Bertz CT molecular complexity index is 602. The summed E-state index contributed by atoms with van der Waals surface area (Å²) >= 11 is 1.98. The number of hydrogen-bond donors (Lipinski definition) is 1. The van der Waals surface area contributed by atoms with E-state index in [9.17, 15) is 9.90 Å². The summed E-state index contributed by atoms with van der Waals surface area (Å²) in [5, 5.41) is 10.3. The van der Waals surface area contributed by atoms with Gasteiger partial charge in [-0.1, -0.05) is 18.2 Å². The maximum absolute atomic E-state index is 11.5.